The van der Waals surface area contributed by atoms with Gasteiger partial charge in [-0.05, 0) is 37.3 Å². The average Bonchev–Trinajstić information content (AvgIpc) is 2.47. The number of nitrogens with one attached hydrogen (secondary N) is 1. The van der Waals surface area contributed by atoms with Crippen LogP contribution in [0.15, 0.2) is 42.6 Å². The van der Waals surface area contributed by atoms with Gasteiger partial charge in [-0.15, -0.1) is 0 Å². The molecule has 0 saturated carbocycles. The summed E-state index contributed by atoms with van der Waals surface area (Å²) in [6.45, 7) is 2.15. The van der Waals surface area contributed by atoms with Gasteiger partial charge in [0.25, 0.3) is 0 Å². The zero-order valence-corrected chi connectivity index (χ0v) is 11.1. The second-order valence-electron chi connectivity index (χ2n) is 4.60. The van der Waals surface area contributed by atoms with E-state index in [2.05, 4.69) is 10.3 Å². The van der Waals surface area contributed by atoms with Crippen molar-refractivity contribution in [2.45, 2.75) is 25.6 Å². The Morgan fingerprint density at radius 2 is 2.05 bits per heavy atom. The molecule has 0 aliphatic carbocycles. The Morgan fingerprint density at radius 1 is 1.25 bits per heavy atom. The van der Waals surface area contributed by atoms with Crippen molar-refractivity contribution in [3.8, 4) is 0 Å². The summed E-state index contributed by atoms with van der Waals surface area (Å²) in [4.78, 5) is 4.14. The zero-order chi connectivity index (χ0) is 14.5. The van der Waals surface area contributed by atoms with Gasteiger partial charge in [-0.1, -0.05) is 6.07 Å². The van der Waals surface area contributed by atoms with Crippen LogP contribution in [0.25, 0.3) is 0 Å². The Labute approximate surface area is 116 Å². The molecule has 1 heterocycles. The Kier molecular flexibility index (Phi) is 4.76. The topological polar surface area (TPSA) is 45.2 Å². The smallest absolute Gasteiger partial charge is 0.129 e. The number of nitrogens with zero attached hydrogens (tertiary/aromatic N) is 1. The molecular weight excluding hydrogens is 262 g/mol. The van der Waals surface area contributed by atoms with Gasteiger partial charge in [0.05, 0.1) is 11.8 Å². The minimum Gasteiger partial charge on any atom is -0.387 e. The molecule has 0 fully saturated rings. The number of benzene rings is 1. The molecule has 0 bridgehead atoms. The summed E-state index contributed by atoms with van der Waals surface area (Å²) in [5.74, 6) is -1.19. The van der Waals surface area contributed by atoms with Gasteiger partial charge in [0.1, 0.15) is 11.6 Å². The number of hydrogen-bond donors (Lipinski definition) is 2. The monoisotopic (exact) mass is 278 g/mol. The third-order valence-corrected chi connectivity index (χ3v) is 3.08. The molecule has 5 heteroatoms. The van der Waals surface area contributed by atoms with Gasteiger partial charge in [0.15, 0.2) is 0 Å². The van der Waals surface area contributed by atoms with Gasteiger partial charge in [0.2, 0.25) is 0 Å². The molecule has 20 heavy (non-hydrogen) atoms. The molecule has 2 rings (SSSR count). The van der Waals surface area contributed by atoms with Gasteiger partial charge in [0, 0.05) is 24.3 Å². The van der Waals surface area contributed by atoms with Crippen LogP contribution < -0.4 is 5.32 Å². The van der Waals surface area contributed by atoms with E-state index >= 15 is 0 Å². The molecule has 2 unspecified atom stereocenters. The Bertz CT molecular complexity index is 563. The first-order valence-electron chi connectivity index (χ1n) is 6.34. The van der Waals surface area contributed by atoms with Crippen LogP contribution in [0.1, 0.15) is 24.3 Å². The van der Waals surface area contributed by atoms with E-state index in [-0.39, 0.29) is 5.56 Å². The highest BCUT2D eigenvalue weighted by atomic mass is 19.1. The van der Waals surface area contributed by atoms with Crippen LogP contribution >= 0.6 is 0 Å². The Hall–Kier alpha value is -1.85. The van der Waals surface area contributed by atoms with Gasteiger partial charge in [-0.25, -0.2) is 8.78 Å². The summed E-state index contributed by atoms with van der Waals surface area (Å²) in [6, 6.07) is 8.12. The van der Waals surface area contributed by atoms with Crippen LogP contribution in [0.3, 0.4) is 0 Å². The molecule has 1 aromatic carbocycles. The summed E-state index contributed by atoms with van der Waals surface area (Å²) in [6.07, 6.45) is 0.541. The lowest BCUT2D eigenvalue weighted by Crippen LogP contribution is -2.32. The fourth-order valence-electron chi connectivity index (χ4n) is 1.89. The van der Waals surface area contributed by atoms with Crippen molar-refractivity contribution in [3.63, 3.8) is 0 Å². The molecule has 106 valence electrons. The van der Waals surface area contributed by atoms with Crippen molar-refractivity contribution >= 4 is 0 Å². The fourth-order valence-corrected chi connectivity index (χ4v) is 1.89. The van der Waals surface area contributed by atoms with E-state index in [1.165, 1.54) is 0 Å². The summed E-state index contributed by atoms with van der Waals surface area (Å²) in [5.41, 5.74) is 0.761. The number of aliphatic hydroxyl groups is 1. The molecule has 0 amide bonds. The molecule has 0 saturated heterocycles. The van der Waals surface area contributed by atoms with Crippen molar-refractivity contribution in [3.05, 3.63) is 65.5 Å². The van der Waals surface area contributed by atoms with Crippen molar-refractivity contribution in [2.75, 3.05) is 0 Å². The fraction of sp³-hybridized carbons (Fsp3) is 0.267. The van der Waals surface area contributed by atoms with Crippen LogP contribution in [0.2, 0.25) is 0 Å². The largest absolute Gasteiger partial charge is 0.387 e. The standard InChI is InChI=1S/C15H16F2N2O/c1-10(19-9-12-4-2-3-7-18-12)15(20)13-8-11(16)5-6-14(13)17/h2-8,10,15,19-20H,9H2,1H3. The Morgan fingerprint density at radius 3 is 2.75 bits per heavy atom. The third-order valence-electron chi connectivity index (χ3n) is 3.08. The van der Waals surface area contributed by atoms with Crippen LogP contribution in [0, 0.1) is 11.6 Å². The van der Waals surface area contributed by atoms with E-state index < -0.39 is 23.8 Å². The summed E-state index contributed by atoms with van der Waals surface area (Å²) in [5, 5.41) is 13.1. The molecule has 0 spiro atoms. The van der Waals surface area contributed by atoms with Gasteiger partial charge < -0.3 is 10.4 Å². The predicted molar refractivity (Wildman–Crippen MR) is 71.9 cm³/mol. The van der Waals surface area contributed by atoms with Crippen molar-refractivity contribution < 1.29 is 13.9 Å². The average molecular weight is 278 g/mol. The van der Waals surface area contributed by atoms with E-state index in [0.29, 0.717) is 6.54 Å². The maximum absolute atomic E-state index is 13.6. The van der Waals surface area contributed by atoms with Crippen molar-refractivity contribution in [1.29, 1.82) is 0 Å². The highest BCUT2D eigenvalue weighted by molar-refractivity contribution is 5.22. The minimum atomic E-state index is -1.13. The molecule has 3 nitrogen and oxygen atoms in total. The van der Waals surface area contributed by atoms with E-state index in [1.807, 2.05) is 18.2 Å². The van der Waals surface area contributed by atoms with Crippen LogP contribution in [0.4, 0.5) is 8.78 Å². The van der Waals surface area contributed by atoms with E-state index in [1.54, 1.807) is 13.1 Å². The lowest BCUT2D eigenvalue weighted by Gasteiger charge is -2.21. The van der Waals surface area contributed by atoms with Crippen LogP contribution in [0.5, 0.6) is 0 Å². The second-order valence-corrected chi connectivity index (χ2v) is 4.60. The first-order chi connectivity index (χ1) is 9.58. The molecule has 0 aliphatic rings. The highest BCUT2D eigenvalue weighted by Gasteiger charge is 2.20. The number of halogens is 2. The van der Waals surface area contributed by atoms with Gasteiger partial charge >= 0.3 is 0 Å². The number of aliphatic hydroxyl groups excluding tert-OH is 1. The Balaban J connectivity index is 2.01. The number of pyridine rings is 1. The summed E-state index contributed by atoms with van der Waals surface area (Å²) >= 11 is 0. The molecule has 2 atom stereocenters. The minimum absolute atomic E-state index is 0.0500. The third kappa shape index (κ3) is 3.59. The molecule has 0 radical (unpaired) electrons. The molecular formula is C15H16F2N2O. The SMILES string of the molecule is CC(NCc1ccccn1)C(O)c1cc(F)ccc1F. The van der Waals surface area contributed by atoms with Crippen molar-refractivity contribution in [1.82, 2.24) is 10.3 Å². The lowest BCUT2D eigenvalue weighted by atomic mass is 10.0. The maximum Gasteiger partial charge on any atom is 0.129 e. The maximum atomic E-state index is 13.6. The zero-order valence-electron chi connectivity index (χ0n) is 11.1. The molecule has 1 aromatic heterocycles. The highest BCUT2D eigenvalue weighted by Crippen LogP contribution is 2.21. The van der Waals surface area contributed by atoms with E-state index in [4.69, 9.17) is 0 Å². The quantitative estimate of drug-likeness (QED) is 0.883. The van der Waals surface area contributed by atoms with Gasteiger partial charge in [-0.2, -0.15) is 0 Å². The molecule has 2 N–H and O–H groups in total. The second kappa shape index (κ2) is 6.54. The lowest BCUT2D eigenvalue weighted by molar-refractivity contribution is 0.130. The number of aromatic nitrogens is 1. The van der Waals surface area contributed by atoms with E-state index in [9.17, 15) is 13.9 Å². The number of rotatable bonds is 5. The summed E-state index contributed by atoms with van der Waals surface area (Å²) in [7, 11) is 0. The predicted octanol–water partition coefficient (Wildman–Crippen LogP) is 2.57. The molecule has 2 aromatic rings. The normalized spacial score (nSPS) is 14.0. The van der Waals surface area contributed by atoms with Crippen LogP contribution in [-0.2, 0) is 6.54 Å². The first kappa shape index (κ1) is 14.6. The first-order valence-corrected chi connectivity index (χ1v) is 6.34. The molecule has 0 aliphatic heterocycles. The van der Waals surface area contributed by atoms with Crippen molar-refractivity contribution in [2.24, 2.45) is 0 Å². The summed E-state index contributed by atoms with van der Waals surface area (Å²) < 4.78 is 26.7. The van der Waals surface area contributed by atoms with Gasteiger partial charge in [-0.3, -0.25) is 4.98 Å². The number of hydrogen-bond acceptors (Lipinski definition) is 3. The van der Waals surface area contributed by atoms with E-state index in [0.717, 1.165) is 23.9 Å². The van der Waals surface area contributed by atoms with Crippen LogP contribution in [-0.4, -0.2) is 16.1 Å².